The van der Waals surface area contributed by atoms with Crippen LogP contribution in [0.2, 0.25) is 0 Å². The Balaban J connectivity index is 2.65. The van der Waals surface area contributed by atoms with Crippen molar-refractivity contribution >= 4 is 5.97 Å². The van der Waals surface area contributed by atoms with Gasteiger partial charge in [-0.2, -0.15) is 0 Å². The Morgan fingerprint density at radius 1 is 1.50 bits per heavy atom. The summed E-state index contributed by atoms with van der Waals surface area (Å²) in [7, 11) is 0. The van der Waals surface area contributed by atoms with Gasteiger partial charge < -0.3 is 10.2 Å². The number of rotatable bonds is 3. The van der Waals surface area contributed by atoms with Crippen LogP contribution in [0.25, 0.3) is 0 Å². The average molecular weight is 168 g/mol. The van der Waals surface area contributed by atoms with Gasteiger partial charge in [-0.3, -0.25) is 4.79 Å². The third-order valence-corrected chi connectivity index (χ3v) is 1.33. The van der Waals surface area contributed by atoms with Crippen molar-refractivity contribution in [1.29, 1.82) is 0 Å². The van der Waals surface area contributed by atoms with Crippen molar-refractivity contribution in [2.75, 3.05) is 0 Å². The maximum atomic E-state index is 10.2. The van der Waals surface area contributed by atoms with Crippen molar-refractivity contribution in [2.45, 2.75) is 12.5 Å². The fraction of sp³-hybridized carbons (Fsp3) is 0.286. The molecule has 0 bridgehead atoms. The molecule has 1 rings (SSSR count). The third kappa shape index (κ3) is 2.28. The normalized spacial score (nSPS) is 12.4. The van der Waals surface area contributed by atoms with Gasteiger partial charge in [0.25, 0.3) is 0 Å². The quantitative estimate of drug-likeness (QED) is 0.662. The average Bonchev–Trinajstić information content (AvgIpc) is 2.05. The van der Waals surface area contributed by atoms with Crippen molar-refractivity contribution in [3.05, 3.63) is 24.3 Å². The Labute approximate surface area is 68.7 Å². The van der Waals surface area contributed by atoms with Gasteiger partial charge in [0.1, 0.15) is 6.33 Å². The summed E-state index contributed by atoms with van der Waals surface area (Å²) in [6.45, 7) is 0. The lowest BCUT2D eigenvalue weighted by atomic mass is 10.1. The van der Waals surface area contributed by atoms with Crippen molar-refractivity contribution < 1.29 is 15.0 Å². The van der Waals surface area contributed by atoms with Crippen LogP contribution >= 0.6 is 0 Å². The number of carboxylic acid groups (broad SMARTS) is 1. The maximum Gasteiger partial charge on any atom is 0.306 e. The van der Waals surface area contributed by atoms with Crippen LogP contribution in [0.5, 0.6) is 0 Å². The fourth-order valence-corrected chi connectivity index (χ4v) is 0.766. The Hall–Kier alpha value is -1.49. The van der Waals surface area contributed by atoms with Crippen LogP contribution in [0.1, 0.15) is 18.1 Å². The van der Waals surface area contributed by atoms with Crippen LogP contribution in [0.4, 0.5) is 0 Å². The number of hydrogen-bond donors (Lipinski definition) is 2. The largest absolute Gasteiger partial charge is 0.481 e. The van der Waals surface area contributed by atoms with Crippen molar-refractivity contribution in [3.63, 3.8) is 0 Å². The molecule has 0 saturated heterocycles. The van der Waals surface area contributed by atoms with E-state index in [1.807, 2.05) is 0 Å². The van der Waals surface area contributed by atoms with E-state index in [1.54, 1.807) is 0 Å². The van der Waals surface area contributed by atoms with E-state index in [0.29, 0.717) is 5.56 Å². The summed E-state index contributed by atoms with van der Waals surface area (Å²) in [5.41, 5.74) is 0.417. The smallest absolute Gasteiger partial charge is 0.306 e. The van der Waals surface area contributed by atoms with Gasteiger partial charge in [-0.05, 0) is 0 Å². The topological polar surface area (TPSA) is 83.3 Å². The molecule has 5 nitrogen and oxygen atoms in total. The molecule has 1 atom stereocenters. The molecule has 0 aliphatic carbocycles. The number of nitrogens with zero attached hydrogens (tertiary/aromatic N) is 2. The van der Waals surface area contributed by atoms with Gasteiger partial charge in [0, 0.05) is 18.0 Å². The van der Waals surface area contributed by atoms with E-state index in [-0.39, 0.29) is 6.42 Å². The number of aliphatic hydroxyl groups excluding tert-OH is 1. The van der Waals surface area contributed by atoms with Crippen LogP contribution < -0.4 is 0 Å². The van der Waals surface area contributed by atoms with Gasteiger partial charge in [-0.25, -0.2) is 9.97 Å². The second-order valence-corrected chi connectivity index (χ2v) is 2.29. The number of aliphatic hydroxyl groups is 1. The van der Waals surface area contributed by atoms with E-state index in [1.165, 1.54) is 18.7 Å². The summed E-state index contributed by atoms with van der Waals surface area (Å²) in [5.74, 6) is -1.05. The Bertz CT molecular complexity index is 263. The predicted molar refractivity (Wildman–Crippen MR) is 39.2 cm³/mol. The van der Waals surface area contributed by atoms with Gasteiger partial charge in [-0.1, -0.05) is 0 Å². The molecule has 12 heavy (non-hydrogen) atoms. The van der Waals surface area contributed by atoms with Crippen LogP contribution in [0, 0.1) is 0 Å². The summed E-state index contributed by atoms with van der Waals surface area (Å²) < 4.78 is 0. The first kappa shape index (κ1) is 8.61. The lowest BCUT2D eigenvalue weighted by molar-refractivity contribution is -0.139. The molecule has 1 aromatic heterocycles. The highest BCUT2D eigenvalue weighted by Crippen LogP contribution is 2.13. The molecule has 0 aliphatic rings. The summed E-state index contributed by atoms with van der Waals surface area (Å²) in [6.07, 6.45) is 2.75. The van der Waals surface area contributed by atoms with Gasteiger partial charge in [-0.15, -0.1) is 0 Å². The molecule has 0 saturated carbocycles. The number of aromatic nitrogens is 2. The van der Waals surface area contributed by atoms with E-state index in [4.69, 9.17) is 5.11 Å². The van der Waals surface area contributed by atoms with Gasteiger partial charge in [0.05, 0.1) is 12.5 Å². The van der Waals surface area contributed by atoms with Crippen molar-refractivity contribution in [1.82, 2.24) is 9.97 Å². The zero-order valence-corrected chi connectivity index (χ0v) is 6.21. The number of hydrogen-bond acceptors (Lipinski definition) is 4. The van der Waals surface area contributed by atoms with Gasteiger partial charge in [0.2, 0.25) is 0 Å². The molecule has 0 aliphatic heterocycles. The van der Waals surface area contributed by atoms with E-state index in [2.05, 4.69) is 9.97 Å². The minimum Gasteiger partial charge on any atom is -0.481 e. The molecule has 0 amide bonds. The molecule has 5 heteroatoms. The zero-order chi connectivity index (χ0) is 8.97. The lowest BCUT2D eigenvalue weighted by Crippen LogP contribution is -2.05. The highest BCUT2D eigenvalue weighted by Gasteiger charge is 2.11. The van der Waals surface area contributed by atoms with Crippen molar-refractivity contribution in [3.8, 4) is 0 Å². The van der Waals surface area contributed by atoms with E-state index in [0.717, 1.165) is 0 Å². The number of carboxylic acids is 1. The summed E-state index contributed by atoms with van der Waals surface area (Å²) >= 11 is 0. The van der Waals surface area contributed by atoms with Gasteiger partial charge in [0.15, 0.2) is 0 Å². The molecule has 0 fully saturated rings. The van der Waals surface area contributed by atoms with E-state index in [9.17, 15) is 9.90 Å². The first-order valence-electron chi connectivity index (χ1n) is 3.35. The molecule has 0 aromatic carbocycles. The highest BCUT2D eigenvalue weighted by molar-refractivity contribution is 5.67. The maximum absolute atomic E-state index is 10.2. The second-order valence-electron chi connectivity index (χ2n) is 2.29. The second kappa shape index (κ2) is 3.77. The summed E-state index contributed by atoms with van der Waals surface area (Å²) in [6, 6.07) is 0. The summed E-state index contributed by atoms with van der Waals surface area (Å²) in [4.78, 5) is 17.5. The van der Waals surface area contributed by atoms with E-state index >= 15 is 0 Å². The van der Waals surface area contributed by atoms with Crippen LogP contribution in [-0.2, 0) is 4.79 Å². The Morgan fingerprint density at radius 3 is 2.58 bits per heavy atom. The first-order valence-corrected chi connectivity index (χ1v) is 3.35. The molecular formula is C7H8N2O3. The lowest BCUT2D eigenvalue weighted by Gasteiger charge is -2.05. The molecule has 0 unspecified atom stereocenters. The Morgan fingerprint density at radius 2 is 2.08 bits per heavy atom. The van der Waals surface area contributed by atoms with Crippen LogP contribution in [-0.4, -0.2) is 26.2 Å². The van der Waals surface area contributed by atoms with Crippen LogP contribution in [0.3, 0.4) is 0 Å². The highest BCUT2D eigenvalue weighted by atomic mass is 16.4. The SMILES string of the molecule is O=C(O)C[C@@H](O)c1cncnc1. The predicted octanol–water partition coefficient (Wildman–Crippen LogP) is -0.0153. The minimum absolute atomic E-state index is 0.326. The van der Waals surface area contributed by atoms with Crippen molar-refractivity contribution in [2.24, 2.45) is 0 Å². The zero-order valence-electron chi connectivity index (χ0n) is 6.21. The first-order chi connectivity index (χ1) is 5.70. The standard InChI is InChI=1S/C7H8N2O3/c10-6(1-7(11)12)5-2-8-4-9-3-5/h2-4,6,10H,1H2,(H,11,12)/t6-/m1/s1. The molecule has 1 aromatic rings. The fourth-order valence-electron chi connectivity index (χ4n) is 0.766. The molecular weight excluding hydrogens is 160 g/mol. The monoisotopic (exact) mass is 168 g/mol. The minimum atomic E-state index is -1.05. The molecule has 64 valence electrons. The molecule has 2 N–H and O–H groups in total. The number of aliphatic carboxylic acids is 1. The van der Waals surface area contributed by atoms with Gasteiger partial charge >= 0.3 is 5.97 Å². The number of carbonyl (C=O) groups is 1. The molecule has 1 heterocycles. The third-order valence-electron chi connectivity index (χ3n) is 1.33. The van der Waals surface area contributed by atoms with Crippen LogP contribution in [0.15, 0.2) is 18.7 Å². The Kier molecular flexibility index (Phi) is 2.71. The molecule has 0 radical (unpaired) electrons. The van der Waals surface area contributed by atoms with E-state index < -0.39 is 12.1 Å². The molecule has 0 spiro atoms. The summed E-state index contributed by atoms with van der Waals surface area (Å²) in [5, 5.41) is 17.6.